The van der Waals surface area contributed by atoms with Gasteiger partial charge in [-0.3, -0.25) is 4.79 Å². The van der Waals surface area contributed by atoms with Crippen molar-refractivity contribution in [3.8, 4) is 0 Å². The Balaban J connectivity index is 0.00000324. The maximum Gasteiger partial charge on any atom is 0.303 e. The van der Waals surface area contributed by atoms with E-state index in [0.717, 1.165) is 19.0 Å². The first-order valence-electron chi connectivity index (χ1n) is 5.83. The summed E-state index contributed by atoms with van der Waals surface area (Å²) in [5.74, 6) is -2.48. The fourth-order valence-electron chi connectivity index (χ4n) is 1.69. The summed E-state index contributed by atoms with van der Waals surface area (Å²) in [7, 11) is 1.86. The molecular weight excluding hydrogens is 276 g/mol. The largest absolute Gasteiger partial charge is 0.481 e. The van der Waals surface area contributed by atoms with Gasteiger partial charge in [0.25, 0.3) is 0 Å². The minimum absolute atomic E-state index is 0. The molecule has 1 aromatic rings. The van der Waals surface area contributed by atoms with Crippen LogP contribution in [-0.4, -0.2) is 29.6 Å². The number of benzene rings is 1. The van der Waals surface area contributed by atoms with Crippen LogP contribution in [0.1, 0.15) is 24.8 Å². The van der Waals surface area contributed by atoms with E-state index in [1.54, 1.807) is 6.07 Å². The first-order valence-corrected chi connectivity index (χ1v) is 5.83. The Hall–Kier alpha value is -1.20. The van der Waals surface area contributed by atoms with Crippen molar-refractivity contribution < 1.29 is 18.7 Å². The molecule has 0 aliphatic carbocycles. The van der Waals surface area contributed by atoms with Gasteiger partial charge >= 0.3 is 5.97 Å². The number of nitrogens with zero attached hydrogens (tertiary/aromatic N) is 1. The molecule has 0 saturated heterocycles. The van der Waals surface area contributed by atoms with Crippen molar-refractivity contribution in [2.45, 2.75) is 25.8 Å². The molecule has 0 bridgehead atoms. The zero-order chi connectivity index (χ0) is 13.5. The highest BCUT2D eigenvalue weighted by molar-refractivity contribution is 5.85. The Morgan fingerprint density at radius 2 is 1.95 bits per heavy atom. The number of unbranched alkanes of at least 4 members (excludes halogenated alkanes) is 1. The third kappa shape index (κ3) is 7.08. The number of carbonyl (C=O) groups is 1. The van der Waals surface area contributed by atoms with Crippen LogP contribution in [0.25, 0.3) is 0 Å². The highest BCUT2D eigenvalue weighted by Crippen LogP contribution is 2.10. The van der Waals surface area contributed by atoms with E-state index in [1.165, 1.54) is 6.07 Å². The maximum atomic E-state index is 13.0. The van der Waals surface area contributed by atoms with Crippen LogP contribution in [0.2, 0.25) is 0 Å². The zero-order valence-electron chi connectivity index (χ0n) is 10.7. The minimum atomic E-state index is -0.845. The normalized spacial score (nSPS) is 10.3. The average Bonchev–Trinajstić information content (AvgIpc) is 2.29. The van der Waals surface area contributed by atoms with Gasteiger partial charge in [0.1, 0.15) is 0 Å². The topological polar surface area (TPSA) is 40.5 Å². The van der Waals surface area contributed by atoms with Gasteiger partial charge in [-0.15, -0.1) is 12.4 Å². The monoisotopic (exact) mass is 293 g/mol. The highest BCUT2D eigenvalue weighted by atomic mass is 35.5. The van der Waals surface area contributed by atoms with E-state index in [1.807, 2.05) is 11.9 Å². The van der Waals surface area contributed by atoms with E-state index in [4.69, 9.17) is 5.11 Å². The number of carboxylic acid groups (broad SMARTS) is 1. The van der Waals surface area contributed by atoms with Gasteiger partial charge in [-0.05, 0) is 44.1 Å². The van der Waals surface area contributed by atoms with Crippen molar-refractivity contribution in [3.63, 3.8) is 0 Å². The lowest BCUT2D eigenvalue weighted by Crippen LogP contribution is -2.19. The minimum Gasteiger partial charge on any atom is -0.481 e. The molecule has 0 atom stereocenters. The molecule has 6 heteroatoms. The van der Waals surface area contributed by atoms with E-state index >= 15 is 0 Å². The van der Waals surface area contributed by atoms with Crippen molar-refractivity contribution >= 4 is 18.4 Å². The molecular formula is C13H18ClF2NO2. The Labute approximate surface area is 117 Å². The van der Waals surface area contributed by atoms with Gasteiger partial charge in [0.15, 0.2) is 11.6 Å². The molecule has 1 aromatic carbocycles. The van der Waals surface area contributed by atoms with Crippen molar-refractivity contribution in [1.82, 2.24) is 4.90 Å². The lowest BCUT2D eigenvalue weighted by Gasteiger charge is -2.16. The molecule has 0 fully saturated rings. The summed E-state index contributed by atoms with van der Waals surface area (Å²) >= 11 is 0. The number of aliphatic carboxylic acids is 1. The van der Waals surface area contributed by atoms with Crippen LogP contribution in [0, 0.1) is 11.6 Å². The van der Waals surface area contributed by atoms with E-state index < -0.39 is 17.6 Å². The zero-order valence-corrected chi connectivity index (χ0v) is 11.6. The fourth-order valence-corrected chi connectivity index (χ4v) is 1.69. The Morgan fingerprint density at radius 1 is 1.26 bits per heavy atom. The molecule has 0 spiro atoms. The van der Waals surface area contributed by atoms with E-state index in [-0.39, 0.29) is 18.8 Å². The van der Waals surface area contributed by atoms with E-state index in [2.05, 4.69) is 0 Å². The second kappa shape index (κ2) is 8.82. The van der Waals surface area contributed by atoms with Crippen molar-refractivity contribution in [1.29, 1.82) is 0 Å². The van der Waals surface area contributed by atoms with Gasteiger partial charge in [-0.25, -0.2) is 8.78 Å². The molecule has 0 unspecified atom stereocenters. The van der Waals surface area contributed by atoms with Gasteiger partial charge in [-0.2, -0.15) is 0 Å². The third-order valence-corrected chi connectivity index (χ3v) is 2.62. The second-order valence-corrected chi connectivity index (χ2v) is 4.34. The van der Waals surface area contributed by atoms with Crippen LogP contribution < -0.4 is 0 Å². The summed E-state index contributed by atoms with van der Waals surface area (Å²) in [5.41, 5.74) is 0.703. The predicted octanol–water partition coefficient (Wildman–Crippen LogP) is 3.07. The second-order valence-electron chi connectivity index (χ2n) is 4.34. The lowest BCUT2D eigenvalue weighted by molar-refractivity contribution is -0.137. The van der Waals surface area contributed by atoms with Gasteiger partial charge in [0, 0.05) is 13.0 Å². The molecule has 0 aliphatic rings. The van der Waals surface area contributed by atoms with Crippen molar-refractivity contribution in [3.05, 3.63) is 35.4 Å². The van der Waals surface area contributed by atoms with E-state index in [9.17, 15) is 13.6 Å². The molecule has 3 nitrogen and oxygen atoms in total. The molecule has 19 heavy (non-hydrogen) atoms. The molecule has 108 valence electrons. The predicted molar refractivity (Wildman–Crippen MR) is 71.4 cm³/mol. The molecule has 1 N–H and O–H groups in total. The van der Waals surface area contributed by atoms with Crippen molar-refractivity contribution in [2.75, 3.05) is 13.6 Å². The van der Waals surface area contributed by atoms with Gasteiger partial charge in [-0.1, -0.05) is 6.07 Å². The summed E-state index contributed by atoms with van der Waals surface area (Å²) in [6.45, 7) is 1.25. The number of hydrogen-bond acceptors (Lipinski definition) is 2. The number of halogens is 3. The SMILES string of the molecule is CN(CCCCC(=O)O)Cc1ccc(F)c(F)c1.Cl. The van der Waals surface area contributed by atoms with Crippen LogP contribution in [0.3, 0.4) is 0 Å². The molecule has 0 amide bonds. The van der Waals surface area contributed by atoms with Crippen molar-refractivity contribution in [2.24, 2.45) is 0 Å². The van der Waals surface area contributed by atoms with Crippen LogP contribution in [0.15, 0.2) is 18.2 Å². The number of hydrogen-bond donors (Lipinski definition) is 1. The molecule has 0 aliphatic heterocycles. The summed E-state index contributed by atoms with van der Waals surface area (Å²) in [5, 5.41) is 8.48. The first-order chi connectivity index (χ1) is 8.49. The number of carboxylic acids is 1. The molecule has 0 aromatic heterocycles. The summed E-state index contributed by atoms with van der Waals surface area (Å²) in [6, 6.07) is 3.85. The summed E-state index contributed by atoms with van der Waals surface area (Å²) < 4.78 is 25.7. The Bertz CT molecular complexity index is 416. The first kappa shape index (κ1) is 17.8. The molecule has 0 heterocycles. The number of rotatable bonds is 7. The van der Waals surface area contributed by atoms with E-state index in [0.29, 0.717) is 18.5 Å². The Morgan fingerprint density at radius 3 is 2.53 bits per heavy atom. The van der Waals surface area contributed by atoms with Crippen LogP contribution in [-0.2, 0) is 11.3 Å². The highest BCUT2D eigenvalue weighted by Gasteiger charge is 2.05. The maximum absolute atomic E-state index is 13.0. The Kier molecular flexibility index (Phi) is 8.27. The lowest BCUT2D eigenvalue weighted by atomic mass is 10.2. The van der Waals surface area contributed by atoms with Gasteiger partial charge < -0.3 is 10.0 Å². The molecule has 0 radical (unpaired) electrons. The summed E-state index contributed by atoms with van der Waals surface area (Å²) in [4.78, 5) is 12.3. The quantitative estimate of drug-likeness (QED) is 0.786. The fraction of sp³-hybridized carbons (Fsp3) is 0.462. The van der Waals surface area contributed by atoms with Gasteiger partial charge in [0.2, 0.25) is 0 Å². The van der Waals surface area contributed by atoms with Crippen LogP contribution in [0.4, 0.5) is 8.78 Å². The summed E-state index contributed by atoms with van der Waals surface area (Å²) in [6.07, 6.45) is 1.56. The third-order valence-electron chi connectivity index (χ3n) is 2.62. The average molecular weight is 294 g/mol. The van der Waals surface area contributed by atoms with Crippen LogP contribution >= 0.6 is 12.4 Å². The molecule has 0 saturated carbocycles. The molecule has 1 rings (SSSR count). The van der Waals surface area contributed by atoms with Gasteiger partial charge in [0.05, 0.1) is 0 Å². The standard InChI is InChI=1S/C13H17F2NO2.ClH/c1-16(7-3-2-4-13(17)18)9-10-5-6-11(14)12(15)8-10;/h5-6,8H,2-4,7,9H2,1H3,(H,17,18);1H. The smallest absolute Gasteiger partial charge is 0.303 e. The van der Waals surface area contributed by atoms with Crippen LogP contribution in [0.5, 0.6) is 0 Å².